The number of anilines is 1. The van der Waals surface area contributed by atoms with Crippen LogP contribution in [-0.4, -0.2) is 103 Å². The molecule has 14 nitrogen and oxygen atoms in total. The molecule has 6 atom stereocenters. The molecule has 2 unspecified atom stereocenters. The predicted octanol–water partition coefficient (Wildman–Crippen LogP) is -2.18. The zero-order valence-corrected chi connectivity index (χ0v) is 24.2. The van der Waals surface area contributed by atoms with Crippen LogP contribution in [0.3, 0.4) is 0 Å². The monoisotopic (exact) mass is 601 g/mol. The summed E-state index contributed by atoms with van der Waals surface area (Å²) in [5.41, 5.74) is 7.62. The molecule has 4 rings (SSSR count). The number of hydrogen-bond donors (Lipinski definition) is 5. The van der Waals surface area contributed by atoms with Gasteiger partial charge in [0.25, 0.3) is 0 Å². The topological polar surface area (TPSA) is 229 Å². The van der Waals surface area contributed by atoms with Crippen LogP contribution in [0.25, 0.3) is 0 Å². The number of rotatable bonds is 6. The first-order chi connectivity index (χ1) is 19.5. The number of nitriles is 1. The highest BCUT2D eigenvalue weighted by Gasteiger charge is 2.78. The van der Waals surface area contributed by atoms with Gasteiger partial charge in [0.15, 0.2) is 34.5 Å². The number of carbonyl (C=O) groups is 6. The highest BCUT2D eigenvalue weighted by atomic mass is 35.5. The minimum atomic E-state index is -2.83. The van der Waals surface area contributed by atoms with Gasteiger partial charge >= 0.3 is 0 Å². The third kappa shape index (κ3) is 4.10. The fraction of sp³-hybridized carbons (Fsp3) is 0.519. The van der Waals surface area contributed by atoms with Gasteiger partial charge < -0.3 is 32.1 Å². The molecule has 42 heavy (non-hydrogen) atoms. The second kappa shape index (κ2) is 10.4. The Bertz CT molecular complexity index is 1470. The number of fused-ring (bicyclic) bond motifs is 3. The van der Waals surface area contributed by atoms with Crippen molar-refractivity contribution in [1.82, 2.24) is 15.5 Å². The van der Waals surface area contributed by atoms with Crippen molar-refractivity contribution in [3.8, 4) is 11.8 Å². The molecular weight excluding hydrogens is 570 g/mol. The number of nitrogens with two attached hydrogens (primary N) is 2. The van der Waals surface area contributed by atoms with Crippen LogP contribution in [0.2, 0.25) is 0 Å². The Morgan fingerprint density at radius 3 is 2.31 bits per heavy atom. The smallest absolute Gasteiger partial charge is 0.239 e. The van der Waals surface area contributed by atoms with Crippen LogP contribution >= 0.6 is 11.6 Å². The Balaban J connectivity index is 1.90. The number of nitrogens with one attached hydrogen (secondary N) is 2. The Kier molecular flexibility index (Phi) is 7.71. The van der Waals surface area contributed by atoms with Crippen molar-refractivity contribution >= 4 is 52.2 Å². The Morgan fingerprint density at radius 1 is 1.12 bits per heavy atom. The van der Waals surface area contributed by atoms with E-state index in [9.17, 15) is 39.1 Å². The number of nitrogens with zero attached hydrogens (tertiary/aromatic N) is 3. The maximum atomic E-state index is 14.5. The lowest BCUT2D eigenvalue weighted by Crippen LogP contribution is -2.85. The first kappa shape index (κ1) is 31.0. The number of aromatic hydroxyl groups is 1. The lowest BCUT2D eigenvalue weighted by Gasteiger charge is -2.60. The third-order valence-corrected chi connectivity index (χ3v) is 8.82. The van der Waals surface area contributed by atoms with Crippen molar-refractivity contribution in [3.63, 3.8) is 0 Å². The highest BCUT2D eigenvalue weighted by molar-refractivity contribution is 6.33. The lowest BCUT2D eigenvalue weighted by molar-refractivity contribution is -0.166. The van der Waals surface area contributed by atoms with E-state index in [1.165, 1.54) is 25.1 Å². The molecular formula is C27H32ClN7O7. The van der Waals surface area contributed by atoms with Crippen LogP contribution in [0.1, 0.15) is 22.3 Å². The molecule has 7 N–H and O–H groups in total. The van der Waals surface area contributed by atoms with E-state index < -0.39 is 94.0 Å². The molecule has 0 saturated heterocycles. The number of likely N-dealkylation sites (N-methyl/N-ethyl adjacent to an activating group) is 1. The van der Waals surface area contributed by atoms with Crippen LogP contribution in [0.15, 0.2) is 12.1 Å². The minimum Gasteiger partial charge on any atom is -0.507 e. The SMILES string of the molecule is CN(C)c1ccc(O)c2c1C[C@@]1(N)C[C@@]3(N)[C@H](N(C)C)C(=O)C(C(=O)NCNC(=O)CCl)C(=O)[C@@]3(C#N)C(=O)C1C2=O. The normalized spacial score (nSPS) is 31.9. The van der Waals surface area contributed by atoms with Gasteiger partial charge in [0.2, 0.25) is 11.8 Å². The van der Waals surface area contributed by atoms with Crippen molar-refractivity contribution in [3.05, 3.63) is 23.3 Å². The Hall–Kier alpha value is -3.90. The van der Waals surface area contributed by atoms with Gasteiger partial charge in [-0.25, -0.2) is 0 Å². The summed E-state index contributed by atoms with van der Waals surface area (Å²) in [6.45, 7) is -0.493. The van der Waals surface area contributed by atoms with E-state index in [1.54, 1.807) is 31.1 Å². The fourth-order valence-electron chi connectivity index (χ4n) is 6.97. The number of ketones is 4. The summed E-state index contributed by atoms with van der Waals surface area (Å²) in [5.74, 6) is -11.0. The summed E-state index contributed by atoms with van der Waals surface area (Å²) in [6.07, 6.45) is -0.627. The zero-order chi connectivity index (χ0) is 31.5. The molecule has 2 amide bonds. The van der Waals surface area contributed by atoms with Gasteiger partial charge in [-0.3, -0.25) is 33.7 Å². The molecule has 2 fully saturated rings. The summed E-state index contributed by atoms with van der Waals surface area (Å²) in [5, 5.41) is 25.7. The van der Waals surface area contributed by atoms with Crippen LogP contribution < -0.4 is 27.0 Å². The zero-order valence-electron chi connectivity index (χ0n) is 23.5. The van der Waals surface area contributed by atoms with Crippen molar-refractivity contribution in [2.45, 2.75) is 30.0 Å². The van der Waals surface area contributed by atoms with Gasteiger partial charge in [-0.2, -0.15) is 5.26 Å². The molecule has 15 heteroatoms. The minimum absolute atomic E-state index is 0.139. The first-order valence-electron chi connectivity index (χ1n) is 13.0. The van der Waals surface area contributed by atoms with E-state index >= 15 is 0 Å². The number of hydrogen-bond acceptors (Lipinski definition) is 12. The molecule has 1 aromatic carbocycles. The molecule has 0 aromatic heterocycles. The summed E-state index contributed by atoms with van der Waals surface area (Å²) in [4.78, 5) is 84.0. The summed E-state index contributed by atoms with van der Waals surface area (Å²) >= 11 is 5.42. The molecule has 224 valence electrons. The molecule has 0 radical (unpaired) electrons. The number of amides is 2. The van der Waals surface area contributed by atoms with Crippen molar-refractivity contribution in [1.29, 1.82) is 5.26 Å². The molecule has 3 aliphatic carbocycles. The van der Waals surface area contributed by atoms with Crippen LogP contribution in [0.4, 0.5) is 5.69 Å². The highest BCUT2D eigenvalue weighted by Crippen LogP contribution is 2.56. The van der Waals surface area contributed by atoms with Crippen LogP contribution in [-0.2, 0) is 30.4 Å². The first-order valence-corrected chi connectivity index (χ1v) is 13.5. The molecule has 0 bridgehead atoms. The van der Waals surface area contributed by atoms with Gasteiger partial charge in [-0.05, 0) is 44.6 Å². The van der Waals surface area contributed by atoms with E-state index in [4.69, 9.17) is 23.1 Å². The largest absolute Gasteiger partial charge is 0.507 e. The average Bonchev–Trinajstić information content (AvgIpc) is 2.87. The van der Waals surface area contributed by atoms with E-state index in [0.29, 0.717) is 11.3 Å². The summed E-state index contributed by atoms with van der Waals surface area (Å²) in [6, 6.07) is 3.08. The Labute approximate surface area is 246 Å². The molecule has 1 aromatic rings. The number of phenolic OH excluding ortho intramolecular Hbond substituents is 1. The number of phenols is 1. The van der Waals surface area contributed by atoms with Gasteiger partial charge in [0, 0.05) is 25.3 Å². The quantitative estimate of drug-likeness (QED) is 0.133. The molecule has 3 aliphatic rings. The van der Waals surface area contributed by atoms with Crippen molar-refractivity contribution in [2.24, 2.45) is 28.7 Å². The van der Waals surface area contributed by atoms with Gasteiger partial charge in [-0.1, -0.05) is 0 Å². The number of carbonyl (C=O) groups excluding carboxylic acids is 6. The number of benzene rings is 1. The van der Waals surface area contributed by atoms with E-state index in [-0.39, 0.29) is 12.0 Å². The fourth-order valence-corrected chi connectivity index (χ4v) is 7.06. The third-order valence-electron chi connectivity index (χ3n) is 8.58. The van der Waals surface area contributed by atoms with Gasteiger partial charge in [0.05, 0.1) is 29.9 Å². The maximum absolute atomic E-state index is 14.5. The van der Waals surface area contributed by atoms with E-state index in [1.807, 2.05) is 0 Å². The lowest BCUT2D eigenvalue weighted by atomic mass is 9.42. The van der Waals surface area contributed by atoms with Crippen molar-refractivity contribution in [2.75, 3.05) is 45.6 Å². The van der Waals surface area contributed by atoms with Crippen molar-refractivity contribution < 1.29 is 33.9 Å². The number of halogens is 1. The summed E-state index contributed by atoms with van der Waals surface area (Å²) < 4.78 is 0. The second-order valence-electron chi connectivity index (χ2n) is 11.5. The van der Waals surface area contributed by atoms with Crippen LogP contribution in [0.5, 0.6) is 5.75 Å². The van der Waals surface area contributed by atoms with Crippen LogP contribution in [0, 0.1) is 28.6 Å². The standard InChI is InChI=1S/C27H32ClN7O7/c1-34(2)13-5-6-14(36)16-12(13)7-25(30)9-27(31)21(35(3)4)20(39)17(24(42)33-11-32-15(37)8-28)22(40)26(27,10-29)23(41)18(25)19(16)38/h5-6,17-18,21,36H,7-9,11,30-31H2,1-4H3,(H,32,37)(H,33,42)/t17?,18?,21-,25-,26+,27-/m1/s1. The van der Waals surface area contributed by atoms with E-state index in [0.717, 1.165) is 0 Å². The number of Topliss-reactive ketones (excluding diaryl/α,β-unsaturated/α-hetero) is 4. The summed E-state index contributed by atoms with van der Waals surface area (Å²) in [7, 11) is 6.31. The van der Waals surface area contributed by atoms with Gasteiger partial charge in [-0.15, -0.1) is 11.6 Å². The average molecular weight is 602 g/mol. The Morgan fingerprint density at radius 2 is 1.76 bits per heavy atom. The second-order valence-corrected chi connectivity index (χ2v) is 11.8. The maximum Gasteiger partial charge on any atom is 0.239 e. The predicted molar refractivity (Wildman–Crippen MR) is 148 cm³/mol. The van der Waals surface area contributed by atoms with Gasteiger partial charge in [0.1, 0.15) is 17.5 Å². The van der Waals surface area contributed by atoms with E-state index in [2.05, 4.69) is 10.6 Å². The molecule has 2 saturated carbocycles. The molecule has 0 spiro atoms. The molecule has 0 aliphatic heterocycles. The number of alkyl halides is 1. The molecule has 0 heterocycles.